The average Bonchev–Trinajstić information content (AvgIpc) is 3.25. The molecule has 2 heterocycles. The number of para-hydroxylation sites is 1. The largest absolute Gasteiger partial charge is 0.393 e. The number of fused-ring (bicyclic) bond motifs is 3. The Morgan fingerprint density at radius 1 is 0.946 bits per heavy atom. The molecule has 2 aromatic heterocycles. The minimum absolute atomic E-state index is 0.173. The Balaban J connectivity index is 1.53. The highest BCUT2D eigenvalue weighted by Gasteiger charge is 2.22. The van der Waals surface area contributed by atoms with E-state index in [1.165, 1.54) is 0 Å². The quantitative estimate of drug-likeness (QED) is 0.283. The predicted molar refractivity (Wildman–Crippen MR) is 147 cm³/mol. The van der Waals surface area contributed by atoms with E-state index in [1.807, 2.05) is 30.3 Å². The first-order chi connectivity index (χ1) is 18.0. The molecule has 0 spiro atoms. The van der Waals surface area contributed by atoms with E-state index < -0.39 is 5.91 Å². The van der Waals surface area contributed by atoms with Crippen molar-refractivity contribution in [2.75, 3.05) is 11.1 Å². The van der Waals surface area contributed by atoms with Gasteiger partial charge in [0, 0.05) is 46.1 Å². The first-order valence-corrected chi connectivity index (χ1v) is 12.5. The molecule has 186 valence electrons. The molecule has 1 aliphatic rings. The summed E-state index contributed by atoms with van der Waals surface area (Å²) in [6.07, 6.45) is 6.40. The highest BCUT2D eigenvalue weighted by atomic mass is 16.3. The van der Waals surface area contributed by atoms with Crippen LogP contribution in [0.2, 0.25) is 0 Å². The number of nitrogen functional groups attached to an aromatic ring is 1. The molecule has 3 aromatic carbocycles. The molecule has 0 bridgehead atoms. The van der Waals surface area contributed by atoms with Crippen LogP contribution in [0.5, 0.6) is 0 Å². The predicted octanol–water partition coefficient (Wildman–Crippen LogP) is 4.64. The zero-order valence-corrected chi connectivity index (χ0v) is 20.3. The maximum absolute atomic E-state index is 12.3. The molecule has 37 heavy (non-hydrogen) atoms. The van der Waals surface area contributed by atoms with Crippen LogP contribution in [0.1, 0.15) is 36.0 Å². The average molecular weight is 493 g/mol. The van der Waals surface area contributed by atoms with E-state index in [-0.39, 0.29) is 18.1 Å². The lowest BCUT2D eigenvalue weighted by Gasteiger charge is -2.28. The van der Waals surface area contributed by atoms with Crippen molar-refractivity contribution < 1.29 is 9.90 Å². The van der Waals surface area contributed by atoms with Crippen LogP contribution >= 0.6 is 0 Å². The van der Waals surface area contributed by atoms with E-state index in [4.69, 9.17) is 11.5 Å². The number of aliphatic hydroxyl groups is 1. The van der Waals surface area contributed by atoms with Gasteiger partial charge >= 0.3 is 0 Å². The summed E-state index contributed by atoms with van der Waals surface area (Å²) in [7, 11) is 0. The number of aromatic nitrogens is 3. The van der Waals surface area contributed by atoms with Crippen molar-refractivity contribution in [3.05, 3.63) is 78.6 Å². The third-order valence-corrected chi connectivity index (χ3v) is 7.26. The summed E-state index contributed by atoms with van der Waals surface area (Å²) < 4.78 is 2.20. The van der Waals surface area contributed by atoms with Crippen LogP contribution in [0.4, 0.5) is 11.6 Å². The van der Waals surface area contributed by atoms with Gasteiger partial charge in [-0.1, -0.05) is 30.3 Å². The van der Waals surface area contributed by atoms with Gasteiger partial charge in [0.15, 0.2) is 0 Å². The molecular weight excluding hydrogens is 464 g/mol. The number of carbonyl (C=O) groups excluding carboxylic acids is 1. The summed E-state index contributed by atoms with van der Waals surface area (Å²) in [5, 5.41) is 15.6. The molecule has 0 unspecified atom stereocenters. The summed E-state index contributed by atoms with van der Waals surface area (Å²) >= 11 is 0. The van der Waals surface area contributed by atoms with Crippen molar-refractivity contribution in [2.45, 2.75) is 37.8 Å². The standard InChI is InChI=1S/C29H28N6O2/c30-28(37)22-13-10-19(14-24(22)34-18-8-11-20(36)12-9-18)35-25-6-2-1-4-23(25)27-21(5-3-7-26(27)35)17-15-32-29(31)33-16-17/h1-7,10,13-16,18,20,34,36H,8-9,11-12H2,(H2,30,37)(H2,31,32,33). The number of carbonyl (C=O) groups is 1. The smallest absolute Gasteiger partial charge is 0.250 e. The number of primary amides is 1. The van der Waals surface area contributed by atoms with Gasteiger partial charge in [0.25, 0.3) is 5.91 Å². The zero-order valence-electron chi connectivity index (χ0n) is 20.3. The second kappa shape index (κ2) is 9.22. The third-order valence-electron chi connectivity index (χ3n) is 7.26. The number of hydrogen-bond donors (Lipinski definition) is 4. The molecule has 1 amide bonds. The van der Waals surface area contributed by atoms with E-state index in [9.17, 15) is 9.90 Å². The number of anilines is 2. The lowest BCUT2D eigenvalue weighted by atomic mass is 9.92. The number of rotatable bonds is 5. The number of nitrogens with one attached hydrogen (secondary N) is 1. The Morgan fingerprint density at radius 3 is 2.43 bits per heavy atom. The topological polar surface area (TPSA) is 132 Å². The summed E-state index contributed by atoms with van der Waals surface area (Å²) in [4.78, 5) is 20.7. The normalized spacial score (nSPS) is 17.8. The lowest BCUT2D eigenvalue weighted by molar-refractivity contribution is 0.100. The first-order valence-electron chi connectivity index (χ1n) is 12.5. The van der Waals surface area contributed by atoms with Crippen LogP contribution in [-0.2, 0) is 0 Å². The van der Waals surface area contributed by atoms with Gasteiger partial charge < -0.3 is 26.5 Å². The van der Waals surface area contributed by atoms with Gasteiger partial charge in [-0.2, -0.15) is 0 Å². The molecule has 0 atom stereocenters. The van der Waals surface area contributed by atoms with Gasteiger partial charge in [0.1, 0.15) is 0 Å². The van der Waals surface area contributed by atoms with Gasteiger partial charge in [0.05, 0.1) is 22.7 Å². The molecule has 0 aliphatic heterocycles. The van der Waals surface area contributed by atoms with Crippen LogP contribution in [0.3, 0.4) is 0 Å². The van der Waals surface area contributed by atoms with Gasteiger partial charge in [-0.05, 0) is 61.6 Å². The molecule has 6 rings (SSSR count). The van der Waals surface area contributed by atoms with E-state index in [1.54, 1.807) is 18.5 Å². The second-order valence-electron chi connectivity index (χ2n) is 9.63. The minimum atomic E-state index is -0.474. The van der Waals surface area contributed by atoms with Crippen molar-refractivity contribution >= 4 is 39.3 Å². The number of amides is 1. The first kappa shape index (κ1) is 23.0. The maximum atomic E-state index is 12.3. The van der Waals surface area contributed by atoms with Gasteiger partial charge in [-0.25, -0.2) is 9.97 Å². The summed E-state index contributed by atoms with van der Waals surface area (Å²) in [5.41, 5.74) is 17.5. The molecule has 0 saturated heterocycles. The Labute approximate surface area is 214 Å². The number of hydrogen-bond acceptors (Lipinski definition) is 6. The van der Waals surface area contributed by atoms with Crippen molar-refractivity contribution in [1.29, 1.82) is 0 Å². The fourth-order valence-corrected chi connectivity index (χ4v) is 5.46. The van der Waals surface area contributed by atoms with E-state index in [0.717, 1.165) is 64.3 Å². The van der Waals surface area contributed by atoms with Crippen molar-refractivity contribution in [2.24, 2.45) is 5.73 Å². The molecule has 0 radical (unpaired) electrons. The number of nitrogens with two attached hydrogens (primary N) is 2. The summed E-state index contributed by atoms with van der Waals surface area (Å²) in [6.45, 7) is 0. The van der Waals surface area contributed by atoms with Crippen molar-refractivity contribution in [1.82, 2.24) is 14.5 Å². The lowest BCUT2D eigenvalue weighted by Crippen LogP contribution is -2.29. The molecule has 1 saturated carbocycles. The number of benzene rings is 3. The second-order valence-corrected chi connectivity index (χ2v) is 9.63. The summed E-state index contributed by atoms with van der Waals surface area (Å²) in [6, 6.07) is 20.3. The molecule has 8 nitrogen and oxygen atoms in total. The number of nitrogens with zero attached hydrogens (tertiary/aromatic N) is 3. The van der Waals surface area contributed by atoms with Crippen LogP contribution in [0, 0.1) is 0 Å². The zero-order chi connectivity index (χ0) is 25.5. The Morgan fingerprint density at radius 2 is 1.68 bits per heavy atom. The van der Waals surface area contributed by atoms with Crippen molar-refractivity contribution in [3.8, 4) is 16.8 Å². The van der Waals surface area contributed by atoms with E-state index >= 15 is 0 Å². The summed E-state index contributed by atoms with van der Waals surface area (Å²) in [5.74, 6) is -0.238. The maximum Gasteiger partial charge on any atom is 0.250 e. The van der Waals surface area contributed by atoms with Gasteiger partial charge in [-0.15, -0.1) is 0 Å². The monoisotopic (exact) mass is 492 g/mol. The highest BCUT2D eigenvalue weighted by molar-refractivity contribution is 6.15. The highest BCUT2D eigenvalue weighted by Crippen LogP contribution is 2.39. The molecule has 1 fully saturated rings. The number of aliphatic hydroxyl groups excluding tert-OH is 1. The Kier molecular flexibility index (Phi) is 5.73. The molecular formula is C29H28N6O2. The van der Waals surface area contributed by atoms with E-state index in [2.05, 4.69) is 44.1 Å². The minimum Gasteiger partial charge on any atom is -0.393 e. The van der Waals surface area contributed by atoms with E-state index in [0.29, 0.717) is 11.3 Å². The van der Waals surface area contributed by atoms with Crippen molar-refractivity contribution in [3.63, 3.8) is 0 Å². The molecule has 5 aromatic rings. The fourth-order valence-electron chi connectivity index (χ4n) is 5.46. The fraction of sp³-hybridized carbons (Fsp3) is 0.207. The van der Waals surface area contributed by atoms with Crippen LogP contribution in [-0.4, -0.2) is 37.7 Å². The molecule has 6 N–H and O–H groups in total. The van der Waals surface area contributed by atoms with Crippen LogP contribution in [0.15, 0.2) is 73.1 Å². The van der Waals surface area contributed by atoms with Crippen LogP contribution < -0.4 is 16.8 Å². The Bertz CT molecular complexity index is 1620. The third kappa shape index (κ3) is 4.15. The Hall–Kier alpha value is -4.43. The van der Waals surface area contributed by atoms with Gasteiger partial charge in [-0.3, -0.25) is 4.79 Å². The SMILES string of the molecule is NC(=O)c1ccc(-n2c3ccccc3c3c(-c4cnc(N)nc4)cccc32)cc1NC1CCC(O)CC1. The van der Waals surface area contributed by atoms with Gasteiger partial charge in [0.2, 0.25) is 5.95 Å². The molecule has 1 aliphatic carbocycles. The molecule has 8 heteroatoms. The van der Waals surface area contributed by atoms with Crippen LogP contribution in [0.25, 0.3) is 38.6 Å².